The van der Waals surface area contributed by atoms with Crippen molar-refractivity contribution in [2.24, 2.45) is 0 Å². The first-order valence-electron chi connectivity index (χ1n) is 9.50. The quantitative estimate of drug-likeness (QED) is 0.847. The van der Waals surface area contributed by atoms with Crippen LogP contribution in [0.2, 0.25) is 0 Å². The third-order valence-electron chi connectivity index (χ3n) is 5.40. The fraction of sp³-hybridized carbons (Fsp3) is 0.600. The number of anilines is 1. The number of rotatable bonds is 6. The highest BCUT2D eigenvalue weighted by atomic mass is 16.5. The molecule has 0 unspecified atom stereocenters. The van der Waals surface area contributed by atoms with Crippen molar-refractivity contribution in [3.63, 3.8) is 0 Å². The summed E-state index contributed by atoms with van der Waals surface area (Å²) >= 11 is 0. The van der Waals surface area contributed by atoms with Crippen LogP contribution in [-0.4, -0.2) is 49.1 Å². The van der Waals surface area contributed by atoms with E-state index in [1.165, 1.54) is 0 Å². The molecule has 1 heterocycles. The highest BCUT2D eigenvalue weighted by Crippen LogP contribution is 2.32. The van der Waals surface area contributed by atoms with E-state index in [4.69, 9.17) is 9.47 Å². The van der Waals surface area contributed by atoms with Crippen molar-refractivity contribution in [2.75, 3.05) is 32.1 Å². The molecule has 0 atom stereocenters. The number of nitrogens with one attached hydrogen (secondary N) is 1. The lowest BCUT2D eigenvalue weighted by molar-refractivity contribution is -0.141. The Kier molecular flexibility index (Phi) is 6.14. The summed E-state index contributed by atoms with van der Waals surface area (Å²) in [5.74, 6) is 0.562. The zero-order valence-corrected chi connectivity index (χ0v) is 15.5. The molecule has 3 rings (SSSR count). The molecule has 2 fully saturated rings. The van der Waals surface area contributed by atoms with Crippen LogP contribution in [0.5, 0.6) is 5.75 Å². The van der Waals surface area contributed by atoms with E-state index < -0.39 is 5.60 Å². The van der Waals surface area contributed by atoms with Crippen molar-refractivity contribution in [3.8, 4) is 5.75 Å². The highest BCUT2D eigenvalue weighted by molar-refractivity contribution is 5.97. The summed E-state index contributed by atoms with van der Waals surface area (Å²) in [5.41, 5.74) is -0.00882. The van der Waals surface area contributed by atoms with Crippen molar-refractivity contribution < 1.29 is 19.1 Å². The molecule has 1 aromatic rings. The summed E-state index contributed by atoms with van der Waals surface area (Å²) in [6.07, 6.45) is 6.84. The number of methoxy groups -OCH3 is 1. The first kappa shape index (κ1) is 18.7. The van der Waals surface area contributed by atoms with Gasteiger partial charge < -0.3 is 19.7 Å². The Morgan fingerprint density at radius 2 is 1.69 bits per heavy atom. The molecule has 26 heavy (non-hydrogen) atoms. The molecule has 0 spiro atoms. The molecule has 0 radical (unpaired) electrons. The van der Waals surface area contributed by atoms with Gasteiger partial charge in [0.05, 0.1) is 0 Å². The minimum Gasteiger partial charge on any atom is -0.484 e. The van der Waals surface area contributed by atoms with Crippen LogP contribution in [0, 0.1) is 0 Å². The summed E-state index contributed by atoms with van der Waals surface area (Å²) in [6, 6.07) is 7.12. The van der Waals surface area contributed by atoms with E-state index in [9.17, 15) is 9.59 Å². The minimum atomic E-state index is -0.713. The third-order valence-corrected chi connectivity index (χ3v) is 5.40. The molecule has 0 bridgehead atoms. The van der Waals surface area contributed by atoms with Crippen LogP contribution < -0.4 is 10.1 Å². The molecule has 1 aliphatic carbocycles. The number of ether oxygens (including phenoxy) is 2. The van der Waals surface area contributed by atoms with E-state index in [1.807, 2.05) is 4.90 Å². The lowest BCUT2D eigenvalue weighted by atomic mass is 9.84. The minimum absolute atomic E-state index is 0.0271. The van der Waals surface area contributed by atoms with E-state index in [0.717, 1.165) is 58.0 Å². The SMILES string of the molecule is COC1(C(=O)Nc2ccc(OCC(=O)N3CCCC3)cc2)CCCCC1. The molecule has 0 aromatic heterocycles. The van der Waals surface area contributed by atoms with Gasteiger partial charge in [0, 0.05) is 25.9 Å². The molecule has 6 nitrogen and oxygen atoms in total. The Bertz CT molecular complexity index is 617. The number of carbonyl (C=O) groups excluding carboxylic acids is 2. The molecule has 1 saturated heterocycles. The van der Waals surface area contributed by atoms with Gasteiger partial charge in [-0.15, -0.1) is 0 Å². The Balaban J connectivity index is 1.52. The maximum atomic E-state index is 12.6. The monoisotopic (exact) mass is 360 g/mol. The lowest BCUT2D eigenvalue weighted by Gasteiger charge is -2.34. The molecule has 1 saturated carbocycles. The first-order chi connectivity index (χ1) is 12.6. The Hall–Kier alpha value is -2.08. The van der Waals surface area contributed by atoms with Gasteiger partial charge in [-0.1, -0.05) is 19.3 Å². The van der Waals surface area contributed by atoms with E-state index in [2.05, 4.69) is 5.32 Å². The summed E-state index contributed by atoms with van der Waals surface area (Å²) in [4.78, 5) is 26.5. The predicted octanol–water partition coefficient (Wildman–Crippen LogP) is 2.98. The van der Waals surface area contributed by atoms with Gasteiger partial charge in [0.15, 0.2) is 6.61 Å². The van der Waals surface area contributed by atoms with Crippen LogP contribution in [0.4, 0.5) is 5.69 Å². The zero-order chi connectivity index (χ0) is 18.4. The van der Waals surface area contributed by atoms with Crippen molar-refractivity contribution in [2.45, 2.75) is 50.5 Å². The number of likely N-dealkylation sites (tertiary alicyclic amines) is 1. The maximum absolute atomic E-state index is 12.6. The number of carbonyl (C=O) groups is 2. The predicted molar refractivity (Wildman–Crippen MR) is 99.2 cm³/mol. The van der Waals surface area contributed by atoms with Gasteiger partial charge in [0.1, 0.15) is 11.4 Å². The number of benzene rings is 1. The fourth-order valence-electron chi connectivity index (χ4n) is 3.73. The molecule has 1 N–H and O–H groups in total. The van der Waals surface area contributed by atoms with Crippen LogP contribution in [-0.2, 0) is 14.3 Å². The summed E-state index contributed by atoms with van der Waals surface area (Å²) in [5, 5.41) is 2.95. The largest absolute Gasteiger partial charge is 0.484 e. The number of hydrogen-bond donors (Lipinski definition) is 1. The summed E-state index contributed by atoms with van der Waals surface area (Å²) < 4.78 is 11.1. The smallest absolute Gasteiger partial charge is 0.260 e. The van der Waals surface area contributed by atoms with Gasteiger partial charge in [-0.2, -0.15) is 0 Å². The topological polar surface area (TPSA) is 67.9 Å². The summed E-state index contributed by atoms with van der Waals surface area (Å²) in [7, 11) is 1.61. The molecular weight excluding hydrogens is 332 g/mol. The Labute approximate surface area is 154 Å². The second-order valence-electron chi connectivity index (χ2n) is 7.11. The molecule has 2 aliphatic rings. The van der Waals surface area contributed by atoms with Crippen LogP contribution in [0.25, 0.3) is 0 Å². The highest BCUT2D eigenvalue weighted by Gasteiger charge is 2.39. The molecule has 2 amide bonds. The van der Waals surface area contributed by atoms with E-state index in [0.29, 0.717) is 11.4 Å². The molecular formula is C20H28N2O4. The fourth-order valence-corrected chi connectivity index (χ4v) is 3.73. The van der Waals surface area contributed by atoms with Crippen molar-refractivity contribution in [1.29, 1.82) is 0 Å². The van der Waals surface area contributed by atoms with Gasteiger partial charge in [-0.05, 0) is 49.9 Å². The average molecular weight is 360 g/mol. The third kappa shape index (κ3) is 4.36. The standard InChI is InChI=1S/C20H28N2O4/c1-25-20(11-3-2-4-12-20)19(24)21-16-7-9-17(10-8-16)26-15-18(23)22-13-5-6-14-22/h7-10H,2-6,11-15H2,1H3,(H,21,24). The van der Waals surface area contributed by atoms with Crippen LogP contribution in [0.3, 0.4) is 0 Å². The van der Waals surface area contributed by atoms with Crippen molar-refractivity contribution in [3.05, 3.63) is 24.3 Å². The first-order valence-corrected chi connectivity index (χ1v) is 9.50. The lowest BCUT2D eigenvalue weighted by Crippen LogP contribution is -2.46. The Morgan fingerprint density at radius 1 is 1.04 bits per heavy atom. The zero-order valence-electron chi connectivity index (χ0n) is 15.5. The van der Waals surface area contributed by atoms with Crippen molar-refractivity contribution in [1.82, 2.24) is 4.90 Å². The summed E-state index contributed by atoms with van der Waals surface area (Å²) in [6.45, 7) is 1.71. The van der Waals surface area contributed by atoms with Gasteiger partial charge in [-0.3, -0.25) is 9.59 Å². The number of hydrogen-bond acceptors (Lipinski definition) is 4. The average Bonchev–Trinajstić information content (AvgIpc) is 3.22. The van der Waals surface area contributed by atoms with E-state index in [1.54, 1.807) is 31.4 Å². The molecule has 1 aliphatic heterocycles. The number of amides is 2. The maximum Gasteiger partial charge on any atom is 0.260 e. The normalized spacial score (nSPS) is 19.2. The van der Waals surface area contributed by atoms with Gasteiger partial charge in [0.2, 0.25) is 0 Å². The van der Waals surface area contributed by atoms with E-state index in [-0.39, 0.29) is 18.4 Å². The number of nitrogens with zero attached hydrogens (tertiary/aromatic N) is 1. The molecule has 142 valence electrons. The van der Waals surface area contributed by atoms with Crippen molar-refractivity contribution >= 4 is 17.5 Å². The molecule has 1 aromatic carbocycles. The van der Waals surface area contributed by atoms with Gasteiger partial charge in [-0.25, -0.2) is 0 Å². The van der Waals surface area contributed by atoms with Gasteiger partial charge in [0.25, 0.3) is 11.8 Å². The van der Waals surface area contributed by atoms with Crippen LogP contribution in [0.1, 0.15) is 44.9 Å². The van der Waals surface area contributed by atoms with Crippen LogP contribution >= 0.6 is 0 Å². The van der Waals surface area contributed by atoms with Crippen LogP contribution in [0.15, 0.2) is 24.3 Å². The second kappa shape index (κ2) is 8.54. The second-order valence-corrected chi connectivity index (χ2v) is 7.11. The molecule has 6 heteroatoms. The van der Waals surface area contributed by atoms with E-state index >= 15 is 0 Å². The van der Waals surface area contributed by atoms with Gasteiger partial charge >= 0.3 is 0 Å². The Morgan fingerprint density at radius 3 is 2.31 bits per heavy atom.